The summed E-state index contributed by atoms with van der Waals surface area (Å²) in [6.07, 6.45) is 5.50. The fourth-order valence-electron chi connectivity index (χ4n) is 3.77. The van der Waals surface area contributed by atoms with E-state index in [2.05, 4.69) is 15.1 Å². The normalized spacial score (nSPS) is 25.1. The third-order valence-corrected chi connectivity index (χ3v) is 5.58. The first-order valence-corrected chi connectivity index (χ1v) is 9.00. The summed E-state index contributed by atoms with van der Waals surface area (Å²) < 4.78 is 7.42. The molecule has 0 unspecified atom stereocenters. The Hall–Kier alpha value is -1.63. The molecule has 1 aliphatic carbocycles. The van der Waals surface area contributed by atoms with Gasteiger partial charge in [0.05, 0.1) is 6.10 Å². The third-order valence-electron chi connectivity index (χ3n) is 5.58. The minimum Gasteiger partial charge on any atom is -0.381 e. The highest BCUT2D eigenvalue weighted by Gasteiger charge is 2.27. The highest BCUT2D eigenvalue weighted by Crippen LogP contribution is 2.29. The molecule has 0 N–H and O–H groups in total. The zero-order chi connectivity index (χ0) is 17.1. The van der Waals surface area contributed by atoms with E-state index < -0.39 is 0 Å². The van der Waals surface area contributed by atoms with Crippen LogP contribution < -0.4 is 4.90 Å². The van der Waals surface area contributed by atoms with E-state index in [1.54, 1.807) is 7.11 Å². The van der Waals surface area contributed by atoms with Crippen molar-refractivity contribution in [3.63, 3.8) is 0 Å². The molecule has 134 valence electrons. The van der Waals surface area contributed by atoms with Gasteiger partial charge in [-0.15, -0.1) is 10.2 Å². The molecular formula is C17H29N5O2. The first kappa shape index (κ1) is 17.2. The van der Waals surface area contributed by atoms with Crippen molar-refractivity contribution in [2.24, 2.45) is 13.0 Å². The molecule has 0 bridgehead atoms. The largest absolute Gasteiger partial charge is 0.381 e. The number of aromatic nitrogens is 3. The van der Waals surface area contributed by atoms with Crippen LogP contribution in [0.3, 0.4) is 0 Å². The highest BCUT2D eigenvalue weighted by molar-refractivity contribution is 5.76. The molecule has 0 radical (unpaired) electrons. The zero-order valence-corrected chi connectivity index (χ0v) is 15.1. The standard InChI is InChI=1S/C17H29N5O2/c1-13-18-19-17(20(13)2)22-10-8-21(9-11-22)16(23)12-14-4-6-15(24-3)7-5-14/h14-15H,4-12H2,1-3H3. The van der Waals surface area contributed by atoms with Crippen molar-refractivity contribution in [1.82, 2.24) is 19.7 Å². The van der Waals surface area contributed by atoms with Crippen LogP contribution in [0.4, 0.5) is 5.95 Å². The Bertz CT molecular complexity index is 557. The number of hydrogen-bond acceptors (Lipinski definition) is 5. The van der Waals surface area contributed by atoms with Crippen LogP contribution in [0.25, 0.3) is 0 Å². The Morgan fingerprint density at radius 1 is 1.12 bits per heavy atom. The molecule has 1 saturated carbocycles. The van der Waals surface area contributed by atoms with Gasteiger partial charge in [-0.1, -0.05) is 0 Å². The van der Waals surface area contributed by atoms with Crippen LogP contribution in [0.1, 0.15) is 37.9 Å². The van der Waals surface area contributed by atoms with Crippen LogP contribution in [0.5, 0.6) is 0 Å². The molecule has 7 nitrogen and oxygen atoms in total. The lowest BCUT2D eigenvalue weighted by molar-refractivity contribution is -0.133. The number of hydrogen-bond donors (Lipinski definition) is 0. The third kappa shape index (κ3) is 3.71. The van der Waals surface area contributed by atoms with Crippen LogP contribution >= 0.6 is 0 Å². The first-order chi connectivity index (χ1) is 11.6. The number of piperazine rings is 1. The minimum atomic E-state index is 0.310. The Kier molecular flexibility index (Phi) is 5.38. The Balaban J connectivity index is 1.46. The predicted octanol–water partition coefficient (Wildman–Crippen LogP) is 1.37. The van der Waals surface area contributed by atoms with Crippen molar-refractivity contribution in [3.8, 4) is 0 Å². The van der Waals surface area contributed by atoms with Crippen molar-refractivity contribution in [2.45, 2.75) is 45.1 Å². The number of anilines is 1. The van der Waals surface area contributed by atoms with Crippen molar-refractivity contribution < 1.29 is 9.53 Å². The number of rotatable bonds is 4. The number of carbonyl (C=O) groups is 1. The number of carbonyl (C=O) groups excluding carboxylic acids is 1. The maximum absolute atomic E-state index is 12.6. The van der Waals surface area contributed by atoms with E-state index in [1.165, 1.54) is 0 Å². The van der Waals surface area contributed by atoms with E-state index in [0.717, 1.165) is 63.6 Å². The lowest BCUT2D eigenvalue weighted by Gasteiger charge is -2.36. The van der Waals surface area contributed by atoms with E-state index in [9.17, 15) is 4.79 Å². The Morgan fingerprint density at radius 3 is 2.33 bits per heavy atom. The summed E-state index contributed by atoms with van der Waals surface area (Å²) in [5, 5.41) is 8.36. The molecule has 2 fully saturated rings. The van der Waals surface area contributed by atoms with E-state index >= 15 is 0 Å². The maximum Gasteiger partial charge on any atom is 0.227 e. The van der Waals surface area contributed by atoms with Gasteiger partial charge in [0, 0.05) is 46.8 Å². The van der Waals surface area contributed by atoms with Crippen LogP contribution in [0.2, 0.25) is 0 Å². The quantitative estimate of drug-likeness (QED) is 0.831. The van der Waals surface area contributed by atoms with Gasteiger partial charge in [0.25, 0.3) is 0 Å². The fourth-order valence-corrected chi connectivity index (χ4v) is 3.77. The predicted molar refractivity (Wildman–Crippen MR) is 91.9 cm³/mol. The van der Waals surface area contributed by atoms with E-state index in [4.69, 9.17) is 4.74 Å². The molecule has 0 spiro atoms. The lowest BCUT2D eigenvalue weighted by Crippen LogP contribution is -2.49. The van der Waals surface area contributed by atoms with Gasteiger partial charge in [0.15, 0.2) is 0 Å². The number of ether oxygens (including phenoxy) is 1. The number of nitrogens with zero attached hydrogens (tertiary/aromatic N) is 5. The van der Waals surface area contributed by atoms with Crippen LogP contribution in [-0.4, -0.2) is 65.0 Å². The van der Waals surface area contributed by atoms with Crippen LogP contribution in [0, 0.1) is 12.8 Å². The number of aryl methyl sites for hydroxylation is 1. The molecule has 2 heterocycles. The molecule has 0 aromatic carbocycles. The lowest BCUT2D eigenvalue weighted by atomic mass is 9.85. The van der Waals surface area contributed by atoms with Gasteiger partial charge in [-0.3, -0.25) is 4.79 Å². The molecule has 2 aliphatic rings. The van der Waals surface area contributed by atoms with Gasteiger partial charge < -0.3 is 19.1 Å². The first-order valence-electron chi connectivity index (χ1n) is 9.00. The van der Waals surface area contributed by atoms with E-state index in [-0.39, 0.29) is 0 Å². The number of amides is 1. The smallest absolute Gasteiger partial charge is 0.227 e. The summed E-state index contributed by atoms with van der Waals surface area (Å²) in [5.74, 6) is 2.65. The average molecular weight is 335 g/mol. The summed E-state index contributed by atoms with van der Waals surface area (Å²) in [4.78, 5) is 16.8. The molecule has 7 heteroatoms. The summed E-state index contributed by atoms with van der Waals surface area (Å²) >= 11 is 0. The van der Waals surface area contributed by atoms with Crippen LogP contribution in [0.15, 0.2) is 0 Å². The van der Waals surface area contributed by atoms with Crippen molar-refractivity contribution >= 4 is 11.9 Å². The van der Waals surface area contributed by atoms with Gasteiger partial charge in [-0.05, 0) is 38.5 Å². The second-order valence-corrected chi connectivity index (χ2v) is 7.06. The van der Waals surface area contributed by atoms with Crippen LogP contribution in [-0.2, 0) is 16.6 Å². The second-order valence-electron chi connectivity index (χ2n) is 7.06. The number of methoxy groups -OCH3 is 1. The highest BCUT2D eigenvalue weighted by atomic mass is 16.5. The zero-order valence-electron chi connectivity index (χ0n) is 15.1. The average Bonchev–Trinajstić information content (AvgIpc) is 2.95. The van der Waals surface area contributed by atoms with Crippen molar-refractivity contribution in [2.75, 3.05) is 38.2 Å². The SMILES string of the molecule is COC1CCC(CC(=O)N2CCN(c3nnc(C)n3C)CC2)CC1. The van der Waals surface area contributed by atoms with Gasteiger partial charge in [0.1, 0.15) is 5.82 Å². The Labute approximate surface area is 144 Å². The Morgan fingerprint density at radius 2 is 1.79 bits per heavy atom. The van der Waals surface area contributed by atoms with Gasteiger partial charge >= 0.3 is 0 Å². The van der Waals surface area contributed by atoms with Gasteiger partial charge in [0.2, 0.25) is 11.9 Å². The van der Waals surface area contributed by atoms with Crippen molar-refractivity contribution in [3.05, 3.63) is 5.82 Å². The molecule has 3 rings (SSSR count). The van der Waals surface area contributed by atoms with E-state index in [1.807, 2.05) is 23.4 Å². The molecule has 1 aliphatic heterocycles. The molecule has 1 aromatic rings. The fraction of sp³-hybridized carbons (Fsp3) is 0.824. The molecule has 1 amide bonds. The maximum atomic E-state index is 12.6. The second kappa shape index (κ2) is 7.51. The van der Waals surface area contributed by atoms with Crippen molar-refractivity contribution in [1.29, 1.82) is 0 Å². The van der Waals surface area contributed by atoms with E-state index in [0.29, 0.717) is 24.3 Å². The molecule has 24 heavy (non-hydrogen) atoms. The summed E-state index contributed by atoms with van der Waals surface area (Å²) in [7, 11) is 3.77. The topological polar surface area (TPSA) is 63.5 Å². The molecule has 1 aromatic heterocycles. The molecule has 1 saturated heterocycles. The summed E-state index contributed by atoms with van der Waals surface area (Å²) in [5.41, 5.74) is 0. The summed E-state index contributed by atoms with van der Waals surface area (Å²) in [6.45, 7) is 5.16. The summed E-state index contributed by atoms with van der Waals surface area (Å²) in [6, 6.07) is 0. The van der Waals surface area contributed by atoms with Gasteiger partial charge in [-0.2, -0.15) is 0 Å². The molecular weight excluding hydrogens is 306 g/mol. The molecule has 0 atom stereocenters. The minimum absolute atomic E-state index is 0.310. The van der Waals surface area contributed by atoms with Gasteiger partial charge in [-0.25, -0.2) is 0 Å². The monoisotopic (exact) mass is 335 g/mol.